The fourth-order valence-electron chi connectivity index (χ4n) is 1.41. The first kappa shape index (κ1) is 13.1. The van der Waals surface area contributed by atoms with Crippen molar-refractivity contribution in [1.29, 1.82) is 0 Å². The van der Waals surface area contributed by atoms with Crippen LogP contribution in [0, 0.1) is 11.8 Å². The van der Waals surface area contributed by atoms with Crippen LogP contribution in [0.4, 0.5) is 8.78 Å². The average molecular weight is 264 g/mol. The number of hydroxylamine groups is 1. The highest BCUT2D eigenvalue weighted by Gasteiger charge is 2.15. The summed E-state index contributed by atoms with van der Waals surface area (Å²) < 4.78 is 26.1. The number of carbonyl (C=O) groups excluding carboxylic acids is 1. The van der Waals surface area contributed by atoms with Gasteiger partial charge in [0.1, 0.15) is 0 Å². The van der Waals surface area contributed by atoms with Crippen LogP contribution >= 0.6 is 0 Å². The summed E-state index contributed by atoms with van der Waals surface area (Å²) in [4.78, 5) is 19.5. The highest BCUT2D eigenvalue weighted by Crippen LogP contribution is 2.08. The van der Waals surface area contributed by atoms with Gasteiger partial charge in [-0.1, -0.05) is 30.3 Å². The predicted octanol–water partition coefficient (Wildman–Crippen LogP) is 2.22. The lowest BCUT2D eigenvalue weighted by Crippen LogP contribution is -2.25. The number of hydrogen-bond donors (Lipinski definition) is 1. The first-order valence-corrected chi connectivity index (χ1v) is 5.44. The van der Waals surface area contributed by atoms with Crippen molar-refractivity contribution in [2.45, 2.75) is 6.61 Å². The molecule has 1 aromatic carbocycles. The van der Waals surface area contributed by atoms with Crippen LogP contribution in [0.25, 0.3) is 0 Å². The van der Waals surface area contributed by atoms with Crippen LogP contribution in [0.1, 0.15) is 15.9 Å². The average Bonchev–Trinajstić information content (AvgIpc) is 2.43. The molecule has 98 valence electrons. The molecule has 0 fully saturated rings. The van der Waals surface area contributed by atoms with Crippen LogP contribution in [0.3, 0.4) is 0 Å². The summed E-state index contributed by atoms with van der Waals surface area (Å²) in [6, 6.07) is 10.2. The van der Waals surface area contributed by atoms with Gasteiger partial charge in [0.05, 0.1) is 12.2 Å². The normalized spacial score (nSPS) is 10.2. The monoisotopic (exact) mass is 264 g/mol. The molecule has 19 heavy (non-hydrogen) atoms. The summed E-state index contributed by atoms with van der Waals surface area (Å²) in [5.74, 6) is -3.49. The summed E-state index contributed by atoms with van der Waals surface area (Å²) in [5.41, 5.74) is 2.42. The fourth-order valence-corrected chi connectivity index (χ4v) is 1.41. The van der Waals surface area contributed by atoms with Crippen LogP contribution in [0.15, 0.2) is 42.6 Å². The van der Waals surface area contributed by atoms with E-state index in [0.29, 0.717) is 0 Å². The zero-order chi connectivity index (χ0) is 13.7. The molecule has 2 rings (SSSR count). The molecule has 1 aromatic heterocycles. The SMILES string of the molecule is O=C(NOCc1ccccc1)c1ccnc(F)c1F. The molecule has 0 aliphatic rings. The molecule has 0 radical (unpaired) electrons. The van der Waals surface area contributed by atoms with Gasteiger partial charge in [0.2, 0.25) is 5.95 Å². The number of benzene rings is 1. The van der Waals surface area contributed by atoms with E-state index in [2.05, 4.69) is 4.98 Å². The van der Waals surface area contributed by atoms with E-state index in [0.717, 1.165) is 17.8 Å². The molecule has 1 heterocycles. The lowest BCUT2D eigenvalue weighted by atomic mass is 10.2. The standard InChI is InChI=1S/C13H10F2N2O2/c14-11-10(6-7-16-12(11)15)13(18)17-19-8-9-4-2-1-3-5-9/h1-7H,8H2,(H,17,18). The Morgan fingerprint density at radius 1 is 1.21 bits per heavy atom. The molecule has 0 aliphatic carbocycles. The number of pyridine rings is 1. The van der Waals surface area contributed by atoms with E-state index in [-0.39, 0.29) is 6.61 Å². The van der Waals surface area contributed by atoms with E-state index >= 15 is 0 Å². The predicted molar refractivity (Wildman–Crippen MR) is 62.9 cm³/mol. The Morgan fingerprint density at radius 3 is 2.68 bits per heavy atom. The summed E-state index contributed by atoms with van der Waals surface area (Å²) in [6.07, 6.45) is 1.00. The van der Waals surface area contributed by atoms with Gasteiger partial charge in [0.25, 0.3) is 5.91 Å². The van der Waals surface area contributed by atoms with E-state index in [1.54, 1.807) is 12.1 Å². The van der Waals surface area contributed by atoms with Crippen LogP contribution in [0.5, 0.6) is 0 Å². The minimum atomic E-state index is -1.32. The summed E-state index contributed by atoms with van der Waals surface area (Å²) in [6.45, 7) is 0.127. The van der Waals surface area contributed by atoms with Gasteiger partial charge in [-0.15, -0.1) is 0 Å². The van der Waals surface area contributed by atoms with Gasteiger partial charge in [0.15, 0.2) is 5.82 Å². The number of nitrogens with zero attached hydrogens (tertiary/aromatic N) is 1. The summed E-state index contributed by atoms with van der Waals surface area (Å²) in [7, 11) is 0. The fraction of sp³-hybridized carbons (Fsp3) is 0.0769. The second kappa shape index (κ2) is 6.01. The molecule has 0 saturated heterocycles. The first-order valence-electron chi connectivity index (χ1n) is 5.44. The van der Waals surface area contributed by atoms with Crippen molar-refractivity contribution in [2.75, 3.05) is 0 Å². The van der Waals surface area contributed by atoms with E-state index < -0.39 is 23.2 Å². The Morgan fingerprint density at radius 2 is 1.95 bits per heavy atom. The minimum absolute atomic E-state index is 0.127. The minimum Gasteiger partial charge on any atom is -0.269 e. The third-order valence-electron chi connectivity index (χ3n) is 2.34. The van der Waals surface area contributed by atoms with E-state index in [4.69, 9.17) is 4.84 Å². The Kier molecular flexibility index (Phi) is 4.15. The van der Waals surface area contributed by atoms with Crippen molar-refractivity contribution in [3.8, 4) is 0 Å². The van der Waals surface area contributed by atoms with Crippen molar-refractivity contribution in [2.24, 2.45) is 0 Å². The second-order valence-electron chi connectivity index (χ2n) is 3.67. The molecule has 4 nitrogen and oxygen atoms in total. The van der Waals surface area contributed by atoms with Crippen LogP contribution in [0.2, 0.25) is 0 Å². The van der Waals surface area contributed by atoms with Gasteiger partial charge < -0.3 is 0 Å². The van der Waals surface area contributed by atoms with E-state index in [1.165, 1.54) is 0 Å². The zero-order valence-electron chi connectivity index (χ0n) is 9.77. The zero-order valence-corrected chi connectivity index (χ0v) is 9.77. The molecule has 2 aromatic rings. The molecular formula is C13H10F2N2O2. The second-order valence-corrected chi connectivity index (χ2v) is 3.67. The first-order chi connectivity index (χ1) is 9.18. The number of halogens is 2. The molecule has 0 spiro atoms. The molecule has 0 atom stereocenters. The van der Waals surface area contributed by atoms with Gasteiger partial charge in [-0.25, -0.2) is 14.9 Å². The Balaban J connectivity index is 1.93. The molecule has 0 aliphatic heterocycles. The van der Waals surface area contributed by atoms with Gasteiger partial charge >= 0.3 is 0 Å². The van der Waals surface area contributed by atoms with Crippen molar-refractivity contribution >= 4 is 5.91 Å². The summed E-state index contributed by atoms with van der Waals surface area (Å²) in [5, 5.41) is 0. The number of aromatic nitrogens is 1. The maximum absolute atomic E-state index is 13.2. The molecule has 0 bridgehead atoms. The lowest BCUT2D eigenvalue weighted by Gasteiger charge is -2.06. The molecular weight excluding hydrogens is 254 g/mol. The van der Waals surface area contributed by atoms with Gasteiger partial charge in [-0.2, -0.15) is 4.39 Å². The molecule has 1 amide bonds. The molecule has 6 heteroatoms. The van der Waals surface area contributed by atoms with Crippen molar-refractivity contribution in [3.63, 3.8) is 0 Å². The Hall–Kier alpha value is -2.34. The molecule has 0 unspecified atom stereocenters. The van der Waals surface area contributed by atoms with Crippen LogP contribution in [-0.2, 0) is 11.4 Å². The van der Waals surface area contributed by atoms with Crippen LogP contribution in [-0.4, -0.2) is 10.9 Å². The van der Waals surface area contributed by atoms with Crippen LogP contribution < -0.4 is 5.48 Å². The quantitative estimate of drug-likeness (QED) is 0.680. The highest BCUT2D eigenvalue weighted by molar-refractivity contribution is 5.93. The molecule has 0 saturated carbocycles. The topological polar surface area (TPSA) is 51.2 Å². The third-order valence-corrected chi connectivity index (χ3v) is 2.34. The number of rotatable bonds is 4. The number of hydrogen-bond acceptors (Lipinski definition) is 3. The lowest BCUT2D eigenvalue weighted by molar-refractivity contribution is 0.0229. The largest absolute Gasteiger partial charge is 0.278 e. The molecule has 1 N–H and O–H groups in total. The maximum atomic E-state index is 13.2. The number of amides is 1. The Bertz CT molecular complexity index is 576. The van der Waals surface area contributed by atoms with Crippen molar-refractivity contribution < 1.29 is 18.4 Å². The van der Waals surface area contributed by atoms with E-state index in [9.17, 15) is 13.6 Å². The summed E-state index contributed by atoms with van der Waals surface area (Å²) >= 11 is 0. The number of carbonyl (C=O) groups is 1. The van der Waals surface area contributed by atoms with Crippen molar-refractivity contribution in [1.82, 2.24) is 10.5 Å². The van der Waals surface area contributed by atoms with Gasteiger partial charge in [0, 0.05) is 6.20 Å². The highest BCUT2D eigenvalue weighted by atomic mass is 19.2. The number of nitrogens with one attached hydrogen (secondary N) is 1. The van der Waals surface area contributed by atoms with Gasteiger partial charge in [-0.3, -0.25) is 9.63 Å². The third kappa shape index (κ3) is 3.32. The van der Waals surface area contributed by atoms with Crippen molar-refractivity contribution in [3.05, 3.63) is 65.5 Å². The van der Waals surface area contributed by atoms with Gasteiger partial charge in [-0.05, 0) is 11.6 Å². The van der Waals surface area contributed by atoms with E-state index in [1.807, 2.05) is 23.7 Å². The maximum Gasteiger partial charge on any atom is 0.278 e. The Labute approximate surface area is 108 Å². The smallest absolute Gasteiger partial charge is 0.269 e.